The van der Waals surface area contributed by atoms with Crippen molar-refractivity contribution in [2.45, 2.75) is 37.6 Å². The standard InChI is InChI=1S/C15H20N2O4S2/c1-3-5-11-21-12-7-9-13(10-8-12)23(19,20)17-14(6-4-2)15(22)16-18/h7-10,14,17-18H,4,6,11H2,1-2H3,(H,16,22). The SMILES string of the molecule is CC#CCOc1ccc(S(=O)(=O)NC(CCC)C(=S)NO)cc1. The first-order chi connectivity index (χ1) is 10.9. The van der Waals surface area contributed by atoms with Gasteiger partial charge in [0.25, 0.3) is 0 Å². The van der Waals surface area contributed by atoms with Gasteiger partial charge < -0.3 is 4.74 Å². The number of benzene rings is 1. The molecular weight excluding hydrogens is 336 g/mol. The first-order valence-electron chi connectivity index (χ1n) is 7.03. The third kappa shape index (κ3) is 6.15. The molecule has 0 saturated carbocycles. The van der Waals surface area contributed by atoms with Gasteiger partial charge in [0.05, 0.1) is 10.9 Å². The summed E-state index contributed by atoms with van der Waals surface area (Å²) in [7, 11) is -3.75. The Kier molecular flexibility index (Phi) is 7.98. The Labute approximate surface area is 142 Å². The monoisotopic (exact) mass is 356 g/mol. The average Bonchev–Trinajstić information content (AvgIpc) is 2.54. The van der Waals surface area contributed by atoms with Crippen molar-refractivity contribution < 1.29 is 18.4 Å². The molecule has 3 N–H and O–H groups in total. The topological polar surface area (TPSA) is 87.7 Å². The normalized spacial score (nSPS) is 12.0. The number of ether oxygens (including phenoxy) is 1. The van der Waals surface area contributed by atoms with Crippen LogP contribution in [0.15, 0.2) is 29.2 Å². The predicted molar refractivity (Wildman–Crippen MR) is 91.9 cm³/mol. The van der Waals surface area contributed by atoms with Gasteiger partial charge in [0.2, 0.25) is 10.0 Å². The van der Waals surface area contributed by atoms with Crippen molar-refractivity contribution in [1.29, 1.82) is 0 Å². The van der Waals surface area contributed by atoms with Gasteiger partial charge in [-0.15, -0.1) is 5.92 Å². The highest BCUT2D eigenvalue weighted by Gasteiger charge is 2.22. The lowest BCUT2D eigenvalue weighted by Crippen LogP contribution is -2.44. The van der Waals surface area contributed by atoms with Crippen molar-refractivity contribution in [3.8, 4) is 17.6 Å². The molecule has 0 fully saturated rings. The summed E-state index contributed by atoms with van der Waals surface area (Å²) in [6.07, 6.45) is 1.18. The molecule has 8 heteroatoms. The van der Waals surface area contributed by atoms with E-state index in [2.05, 4.69) is 16.6 Å². The van der Waals surface area contributed by atoms with Crippen LogP contribution < -0.4 is 14.9 Å². The minimum absolute atomic E-state index is 0.0357. The van der Waals surface area contributed by atoms with E-state index in [1.807, 2.05) is 12.4 Å². The van der Waals surface area contributed by atoms with Crippen LogP contribution in [0.1, 0.15) is 26.7 Å². The van der Waals surface area contributed by atoms with Crippen LogP contribution >= 0.6 is 12.2 Å². The summed E-state index contributed by atoms with van der Waals surface area (Å²) in [5.41, 5.74) is 1.83. The van der Waals surface area contributed by atoms with Gasteiger partial charge in [-0.2, -0.15) is 0 Å². The zero-order chi connectivity index (χ0) is 17.3. The Balaban J connectivity index is 2.85. The highest BCUT2D eigenvalue weighted by atomic mass is 32.2. The Bertz CT molecular complexity index is 676. The van der Waals surface area contributed by atoms with Crippen LogP contribution in [0.4, 0.5) is 0 Å². The number of sulfonamides is 1. The second kappa shape index (κ2) is 9.47. The summed E-state index contributed by atoms with van der Waals surface area (Å²) in [5.74, 6) is 5.99. The summed E-state index contributed by atoms with van der Waals surface area (Å²) in [5, 5.41) is 8.88. The fraction of sp³-hybridized carbons (Fsp3) is 0.400. The molecule has 1 aromatic carbocycles. The third-order valence-corrected chi connectivity index (χ3v) is 4.79. The largest absolute Gasteiger partial charge is 0.481 e. The summed E-state index contributed by atoms with van der Waals surface area (Å²) >= 11 is 4.92. The molecule has 0 radical (unpaired) electrons. The minimum Gasteiger partial charge on any atom is -0.481 e. The summed E-state index contributed by atoms with van der Waals surface area (Å²) < 4.78 is 32.5. The molecule has 6 nitrogen and oxygen atoms in total. The smallest absolute Gasteiger partial charge is 0.241 e. The molecule has 1 unspecified atom stereocenters. The van der Waals surface area contributed by atoms with Crippen LogP contribution in [0.5, 0.6) is 5.75 Å². The number of thiocarbonyl (C=S) groups is 1. The number of hydrogen-bond acceptors (Lipinski definition) is 5. The molecular formula is C15H20N2O4S2. The van der Waals surface area contributed by atoms with Gasteiger partial charge >= 0.3 is 0 Å². The van der Waals surface area contributed by atoms with Crippen LogP contribution in [-0.2, 0) is 10.0 Å². The van der Waals surface area contributed by atoms with Crippen molar-refractivity contribution in [3.63, 3.8) is 0 Å². The summed E-state index contributed by atoms with van der Waals surface area (Å²) in [6, 6.07) is 5.33. The van der Waals surface area contributed by atoms with Crippen molar-refractivity contribution >= 4 is 27.2 Å². The Hall–Kier alpha value is -1.66. The molecule has 0 bridgehead atoms. The fourth-order valence-corrected chi connectivity index (χ4v) is 3.26. The summed E-state index contributed by atoms with van der Waals surface area (Å²) in [4.78, 5) is 0.127. The molecule has 0 aromatic heterocycles. The van der Waals surface area contributed by atoms with E-state index in [9.17, 15) is 8.42 Å². The quantitative estimate of drug-likeness (QED) is 0.374. The van der Waals surface area contributed by atoms with Crippen molar-refractivity contribution in [2.24, 2.45) is 0 Å². The lowest BCUT2D eigenvalue weighted by atomic mass is 10.2. The lowest BCUT2D eigenvalue weighted by molar-refractivity contribution is 0.232. The first-order valence-corrected chi connectivity index (χ1v) is 8.92. The van der Waals surface area contributed by atoms with Gasteiger partial charge in [-0.1, -0.05) is 31.5 Å². The average molecular weight is 356 g/mol. The molecule has 0 heterocycles. The van der Waals surface area contributed by atoms with Crippen LogP contribution in [0.2, 0.25) is 0 Å². The van der Waals surface area contributed by atoms with Crippen LogP contribution in [-0.4, -0.2) is 31.3 Å². The molecule has 0 aliphatic rings. The number of hydroxylamine groups is 1. The predicted octanol–water partition coefficient (Wildman–Crippen LogP) is 1.84. The molecule has 0 aliphatic carbocycles. The van der Waals surface area contributed by atoms with E-state index in [0.717, 1.165) is 0 Å². The Morgan fingerprint density at radius 3 is 2.57 bits per heavy atom. The van der Waals surface area contributed by atoms with Crippen LogP contribution in [0.3, 0.4) is 0 Å². The zero-order valence-electron chi connectivity index (χ0n) is 13.0. The van der Waals surface area contributed by atoms with E-state index < -0.39 is 16.1 Å². The van der Waals surface area contributed by atoms with Gasteiger partial charge in [0, 0.05) is 0 Å². The molecule has 0 spiro atoms. The molecule has 1 atom stereocenters. The Morgan fingerprint density at radius 2 is 2.04 bits per heavy atom. The fourth-order valence-electron chi connectivity index (χ4n) is 1.77. The molecule has 23 heavy (non-hydrogen) atoms. The van der Waals surface area contributed by atoms with E-state index in [1.165, 1.54) is 12.1 Å². The van der Waals surface area contributed by atoms with Crippen molar-refractivity contribution in [3.05, 3.63) is 24.3 Å². The van der Waals surface area contributed by atoms with Crippen LogP contribution in [0, 0.1) is 11.8 Å². The van der Waals surface area contributed by atoms with Gasteiger partial charge in [0.15, 0.2) is 0 Å². The highest BCUT2D eigenvalue weighted by Crippen LogP contribution is 2.16. The van der Waals surface area contributed by atoms with Crippen molar-refractivity contribution in [1.82, 2.24) is 10.2 Å². The highest BCUT2D eigenvalue weighted by molar-refractivity contribution is 7.89. The zero-order valence-corrected chi connectivity index (χ0v) is 14.6. The van der Waals surface area contributed by atoms with Crippen LogP contribution in [0.25, 0.3) is 0 Å². The Morgan fingerprint density at radius 1 is 1.39 bits per heavy atom. The van der Waals surface area contributed by atoms with E-state index in [4.69, 9.17) is 22.2 Å². The van der Waals surface area contributed by atoms with E-state index in [0.29, 0.717) is 18.6 Å². The van der Waals surface area contributed by atoms with E-state index in [-0.39, 0.29) is 16.5 Å². The number of nitrogens with one attached hydrogen (secondary N) is 2. The maximum Gasteiger partial charge on any atom is 0.241 e. The van der Waals surface area contributed by atoms with E-state index in [1.54, 1.807) is 19.1 Å². The third-order valence-electron chi connectivity index (χ3n) is 2.92. The van der Waals surface area contributed by atoms with Gasteiger partial charge in [-0.05, 0) is 37.6 Å². The molecule has 0 aliphatic heterocycles. The molecule has 1 aromatic rings. The second-order valence-electron chi connectivity index (χ2n) is 4.63. The molecule has 126 valence electrons. The summed E-state index contributed by atoms with van der Waals surface area (Å²) in [6.45, 7) is 3.85. The minimum atomic E-state index is -3.75. The maximum absolute atomic E-state index is 12.4. The van der Waals surface area contributed by atoms with Gasteiger partial charge in [-0.3, -0.25) is 10.7 Å². The number of rotatable bonds is 8. The second-order valence-corrected chi connectivity index (χ2v) is 6.78. The molecule has 1 rings (SSSR count). The maximum atomic E-state index is 12.4. The first kappa shape index (κ1) is 19.4. The van der Waals surface area contributed by atoms with Gasteiger partial charge in [-0.25, -0.2) is 13.1 Å². The van der Waals surface area contributed by atoms with E-state index >= 15 is 0 Å². The molecule has 0 saturated heterocycles. The number of hydrogen-bond donors (Lipinski definition) is 3. The molecule has 0 amide bonds. The lowest BCUT2D eigenvalue weighted by Gasteiger charge is -2.18. The van der Waals surface area contributed by atoms with Crippen molar-refractivity contribution in [2.75, 3.05) is 6.61 Å². The van der Waals surface area contributed by atoms with Gasteiger partial charge in [0.1, 0.15) is 17.3 Å².